The summed E-state index contributed by atoms with van der Waals surface area (Å²) in [5.41, 5.74) is -1.34. The van der Waals surface area contributed by atoms with Crippen LogP contribution in [0.15, 0.2) is 12.2 Å². The number of esters is 1. The highest BCUT2D eigenvalue weighted by atomic mass is 16.8. The molecular weight excluding hydrogens is 684 g/mol. The first-order chi connectivity index (χ1) is 24.6. The van der Waals surface area contributed by atoms with Gasteiger partial charge in [0.15, 0.2) is 18.2 Å². The number of cyclic esters (lactones) is 2. The lowest BCUT2D eigenvalue weighted by atomic mass is 9.82. The third-order valence-electron chi connectivity index (χ3n) is 11.5. The summed E-state index contributed by atoms with van der Waals surface area (Å²) >= 11 is 0. The Morgan fingerprint density at radius 3 is 2.23 bits per heavy atom. The molecule has 4 fully saturated rings. The molecule has 18 atom stereocenters. The predicted molar refractivity (Wildman–Crippen MR) is 181 cm³/mol. The van der Waals surface area contributed by atoms with Gasteiger partial charge in [0.05, 0.1) is 37.1 Å². The van der Waals surface area contributed by atoms with Gasteiger partial charge in [-0.25, -0.2) is 9.59 Å². The van der Waals surface area contributed by atoms with Crippen molar-refractivity contribution in [2.45, 2.75) is 159 Å². The number of aliphatic hydroxyl groups is 2. The van der Waals surface area contributed by atoms with E-state index in [4.69, 9.17) is 47.4 Å². The molecule has 296 valence electrons. The summed E-state index contributed by atoms with van der Waals surface area (Å²) in [4.78, 5) is 38.8. The van der Waals surface area contributed by atoms with E-state index in [2.05, 4.69) is 0 Å². The number of rotatable bonds is 7. The number of methoxy groups -OCH3 is 2. The molecule has 2 N–H and O–H groups in total. The number of carbonyl (C=O) groups excluding carboxylic acids is 3. The fourth-order valence-corrected chi connectivity index (χ4v) is 8.32. The molecule has 0 aromatic heterocycles. The van der Waals surface area contributed by atoms with E-state index in [1.165, 1.54) is 20.3 Å². The Labute approximate surface area is 305 Å². The van der Waals surface area contributed by atoms with Gasteiger partial charge < -0.3 is 57.6 Å². The maximum absolute atomic E-state index is 13.4. The third kappa shape index (κ3) is 8.84. The van der Waals surface area contributed by atoms with Gasteiger partial charge in [-0.3, -0.25) is 4.79 Å². The molecule has 15 nitrogen and oxygen atoms in total. The molecule has 0 radical (unpaired) electrons. The largest absolute Gasteiger partial charge is 0.509 e. The molecule has 15 heteroatoms. The van der Waals surface area contributed by atoms with Gasteiger partial charge in [-0.1, -0.05) is 26.8 Å². The minimum atomic E-state index is -1.35. The molecular formula is C37H58O15. The number of ketones is 1. The molecule has 0 amide bonds. The normalized spacial score (nSPS) is 48.4. The Bertz CT molecular complexity index is 1280. The van der Waals surface area contributed by atoms with Crippen LogP contribution in [0.2, 0.25) is 0 Å². The van der Waals surface area contributed by atoms with Crippen LogP contribution in [0.4, 0.5) is 4.79 Å². The van der Waals surface area contributed by atoms with Crippen LogP contribution < -0.4 is 0 Å². The Morgan fingerprint density at radius 2 is 1.58 bits per heavy atom. The summed E-state index contributed by atoms with van der Waals surface area (Å²) in [7, 11) is 2.97. The smallest absolute Gasteiger partial charge is 0.459 e. The minimum Gasteiger partial charge on any atom is -0.459 e. The quantitative estimate of drug-likeness (QED) is 0.286. The zero-order valence-corrected chi connectivity index (χ0v) is 31.7. The predicted octanol–water partition coefficient (Wildman–Crippen LogP) is 2.85. The second-order valence-electron chi connectivity index (χ2n) is 15.3. The Kier molecular flexibility index (Phi) is 13.4. The first-order valence-corrected chi connectivity index (χ1v) is 18.6. The molecule has 1 spiro atoms. The number of aliphatic hydroxyl groups excluding tert-OH is 2. The number of fused-ring (bicyclic) bond motifs is 1. The van der Waals surface area contributed by atoms with Crippen molar-refractivity contribution in [2.24, 2.45) is 23.7 Å². The van der Waals surface area contributed by atoms with E-state index >= 15 is 0 Å². The average molecular weight is 743 g/mol. The summed E-state index contributed by atoms with van der Waals surface area (Å²) in [5.74, 6) is -1.81. The number of hydrogen-bond acceptors (Lipinski definition) is 15. The number of epoxide rings is 1. The Hall–Kier alpha value is -2.21. The van der Waals surface area contributed by atoms with E-state index in [0.717, 1.165) is 0 Å². The molecule has 5 aliphatic rings. The molecule has 5 rings (SSSR count). The molecule has 0 bridgehead atoms. The molecule has 1 unspecified atom stereocenters. The van der Waals surface area contributed by atoms with Crippen LogP contribution in [0.25, 0.3) is 0 Å². The lowest BCUT2D eigenvalue weighted by Crippen LogP contribution is -2.62. The highest BCUT2D eigenvalue weighted by molar-refractivity contribution is 5.82. The van der Waals surface area contributed by atoms with Gasteiger partial charge in [0.25, 0.3) is 0 Å². The van der Waals surface area contributed by atoms with Crippen molar-refractivity contribution in [3.63, 3.8) is 0 Å². The molecule has 52 heavy (non-hydrogen) atoms. The van der Waals surface area contributed by atoms with Crippen molar-refractivity contribution in [3.8, 4) is 0 Å². The topological polar surface area (TPSA) is 187 Å². The maximum atomic E-state index is 13.4. The van der Waals surface area contributed by atoms with Crippen molar-refractivity contribution >= 4 is 17.9 Å². The van der Waals surface area contributed by atoms with Gasteiger partial charge in [-0.05, 0) is 46.5 Å². The number of carbonyl (C=O) groups is 3. The summed E-state index contributed by atoms with van der Waals surface area (Å²) in [6, 6.07) is 0. The fourth-order valence-electron chi connectivity index (χ4n) is 8.32. The monoisotopic (exact) mass is 742 g/mol. The SMILES string of the molecule is CO[C@@H]1[C@H](O)[C@@H](C)O[C@@H](OC[C@H]2[C@@H]3O[C@H]3CCC(=O)[C@H](C)C[C@H](C)C(O[C@@H]3O[C@H](C)C[C@@]4(OC(=O)O[C@H]4C)[C@H]3O)[C@@H](C)/C=C/C(=O)O[C@@H]2C)[C@@H]1OC. The fraction of sp³-hybridized carbons (Fsp3) is 0.865. The van der Waals surface area contributed by atoms with Gasteiger partial charge >= 0.3 is 12.1 Å². The Morgan fingerprint density at radius 1 is 0.865 bits per heavy atom. The van der Waals surface area contributed by atoms with Crippen LogP contribution in [-0.4, -0.2) is 134 Å². The van der Waals surface area contributed by atoms with Gasteiger partial charge in [0.2, 0.25) is 0 Å². The maximum Gasteiger partial charge on any atom is 0.509 e. The molecule has 0 saturated carbocycles. The second kappa shape index (κ2) is 17.1. The first kappa shape index (κ1) is 41.0. The summed E-state index contributed by atoms with van der Waals surface area (Å²) in [6.45, 7) is 12.8. The highest BCUT2D eigenvalue weighted by Crippen LogP contribution is 2.43. The third-order valence-corrected chi connectivity index (χ3v) is 11.5. The van der Waals surface area contributed by atoms with Gasteiger partial charge in [0.1, 0.15) is 42.4 Å². The summed E-state index contributed by atoms with van der Waals surface area (Å²) < 4.78 is 58.6. The first-order valence-electron chi connectivity index (χ1n) is 18.6. The van der Waals surface area contributed by atoms with Crippen molar-refractivity contribution in [1.82, 2.24) is 0 Å². The number of ether oxygens (including phenoxy) is 10. The van der Waals surface area contributed by atoms with Crippen molar-refractivity contribution < 1.29 is 72.0 Å². The molecule has 0 aromatic rings. The van der Waals surface area contributed by atoms with E-state index in [1.54, 1.807) is 33.8 Å². The zero-order chi connectivity index (χ0) is 38.1. The molecule has 5 aliphatic heterocycles. The van der Waals surface area contributed by atoms with Gasteiger partial charge in [0, 0.05) is 50.9 Å². The lowest BCUT2D eigenvalue weighted by Gasteiger charge is -2.46. The number of Topliss-reactive ketones (excluding diaryl/α,β-unsaturated/α-hetero) is 1. The van der Waals surface area contributed by atoms with Crippen LogP contribution in [-0.2, 0) is 57.0 Å². The zero-order valence-electron chi connectivity index (χ0n) is 31.7. The van der Waals surface area contributed by atoms with Crippen LogP contribution in [0, 0.1) is 23.7 Å². The van der Waals surface area contributed by atoms with Gasteiger partial charge in [-0.15, -0.1) is 0 Å². The molecule has 0 aromatic carbocycles. The van der Waals surface area contributed by atoms with E-state index in [9.17, 15) is 24.6 Å². The standard InChI is InChI=1S/C37H58O15/c1-17-10-13-27(39)47-21(5)24(16-45-34-32(44-9)31(43-8)28(40)22(6)48-34)30-26(50-30)12-11-25(38)18(2)14-19(3)29(17)51-35-33(41)37(15-20(4)46-35)23(7)49-36(42)52-37/h10,13,17-24,26,28-35,40-41H,11-12,14-16H2,1-9H3/b13-10+/t17-,18+,19-,20+,21+,22+,23-,24+,26-,28+,29?,30-,31+,32+,33-,34+,35-,37-/m0/s1. The van der Waals surface area contributed by atoms with Crippen molar-refractivity contribution in [2.75, 3.05) is 20.8 Å². The molecule has 0 aliphatic carbocycles. The summed E-state index contributed by atoms with van der Waals surface area (Å²) in [6.07, 6.45) is -5.57. The average Bonchev–Trinajstić information content (AvgIpc) is 3.79. The molecule has 5 heterocycles. The Balaban J connectivity index is 1.33. The highest BCUT2D eigenvalue weighted by Gasteiger charge is 2.61. The minimum absolute atomic E-state index is 0.0832. The van der Waals surface area contributed by atoms with E-state index in [0.29, 0.717) is 19.3 Å². The second-order valence-corrected chi connectivity index (χ2v) is 15.3. The molecule has 4 saturated heterocycles. The van der Waals surface area contributed by atoms with Gasteiger partial charge in [-0.2, -0.15) is 0 Å². The van der Waals surface area contributed by atoms with Crippen LogP contribution >= 0.6 is 0 Å². The van der Waals surface area contributed by atoms with E-state index in [1.807, 2.05) is 20.8 Å². The van der Waals surface area contributed by atoms with E-state index in [-0.39, 0.29) is 42.9 Å². The number of hydrogen-bond donors (Lipinski definition) is 2. The van der Waals surface area contributed by atoms with Crippen LogP contribution in [0.1, 0.15) is 74.1 Å². The van der Waals surface area contributed by atoms with Crippen molar-refractivity contribution in [3.05, 3.63) is 12.2 Å². The van der Waals surface area contributed by atoms with Crippen molar-refractivity contribution in [1.29, 1.82) is 0 Å². The van der Waals surface area contributed by atoms with E-state index < -0.39 is 97.1 Å². The lowest BCUT2D eigenvalue weighted by molar-refractivity contribution is -0.308. The summed E-state index contributed by atoms with van der Waals surface area (Å²) in [5, 5.41) is 22.0. The van der Waals surface area contributed by atoms with Crippen LogP contribution in [0.5, 0.6) is 0 Å². The van der Waals surface area contributed by atoms with Crippen LogP contribution in [0.3, 0.4) is 0 Å².